The molecular formula is C14H16FN3. The van der Waals surface area contributed by atoms with E-state index in [1.165, 1.54) is 12.1 Å². The number of aryl methyl sites for hydroxylation is 2. The van der Waals surface area contributed by atoms with Gasteiger partial charge in [-0.05, 0) is 50.7 Å². The first-order valence-electron chi connectivity index (χ1n) is 5.86. The molecule has 4 heteroatoms. The summed E-state index contributed by atoms with van der Waals surface area (Å²) < 4.78 is 13.1. The fourth-order valence-corrected chi connectivity index (χ4v) is 1.90. The summed E-state index contributed by atoms with van der Waals surface area (Å²) in [5, 5.41) is 3.06. The first-order chi connectivity index (χ1) is 8.60. The van der Waals surface area contributed by atoms with E-state index in [4.69, 9.17) is 0 Å². The summed E-state index contributed by atoms with van der Waals surface area (Å²) in [6.07, 6.45) is 0. The predicted octanol–water partition coefficient (Wildman–Crippen LogP) is 2.62. The van der Waals surface area contributed by atoms with Gasteiger partial charge in [-0.15, -0.1) is 0 Å². The van der Waals surface area contributed by atoms with Crippen LogP contribution in [0.2, 0.25) is 0 Å². The Kier molecular flexibility index (Phi) is 3.67. The molecule has 0 aliphatic rings. The van der Waals surface area contributed by atoms with Crippen LogP contribution in [-0.2, 0) is 6.54 Å². The molecule has 0 spiro atoms. The lowest BCUT2D eigenvalue weighted by atomic mass is 10.1. The molecule has 0 fully saturated rings. The summed E-state index contributed by atoms with van der Waals surface area (Å²) in [5.74, 6) is 0.414. The van der Waals surface area contributed by atoms with Gasteiger partial charge in [-0.2, -0.15) is 0 Å². The molecule has 2 aromatic rings. The Balaban J connectivity index is 2.49. The number of nitrogens with zero attached hydrogens (tertiary/aromatic N) is 2. The molecule has 2 rings (SSSR count). The minimum absolute atomic E-state index is 0.237. The molecule has 1 aromatic heterocycles. The molecular weight excluding hydrogens is 229 g/mol. The highest BCUT2D eigenvalue weighted by Gasteiger charge is 2.08. The number of hydrogen-bond donors (Lipinski definition) is 1. The maximum Gasteiger partial charge on any atom is 0.159 e. The number of aromatic nitrogens is 2. The van der Waals surface area contributed by atoms with Crippen LogP contribution in [0, 0.1) is 19.7 Å². The minimum Gasteiger partial charge on any atom is -0.314 e. The van der Waals surface area contributed by atoms with Gasteiger partial charge in [0.1, 0.15) is 5.82 Å². The Morgan fingerprint density at radius 1 is 1.17 bits per heavy atom. The number of hydrogen-bond acceptors (Lipinski definition) is 3. The second kappa shape index (κ2) is 5.23. The zero-order valence-corrected chi connectivity index (χ0v) is 10.8. The second-order valence-electron chi connectivity index (χ2n) is 4.31. The molecule has 3 nitrogen and oxygen atoms in total. The van der Waals surface area contributed by atoms with Crippen LogP contribution in [0.4, 0.5) is 4.39 Å². The normalized spacial score (nSPS) is 10.7. The van der Waals surface area contributed by atoms with Crippen LogP contribution in [0.25, 0.3) is 11.4 Å². The Labute approximate surface area is 106 Å². The average molecular weight is 245 g/mol. The van der Waals surface area contributed by atoms with Gasteiger partial charge in [0.05, 0.1) is 5.69 Å². The van der Waals surface area contributed by atoms with Crippen molar-refractivity contribution < 1.29 is 4.39 Å². The van der Waals surface area contributed by atoms with Crippen LogP contribution in [0.1, 0.15) is 17.0 Å². The minimum atomic E-state index is -0.237. The van der Waals surface area contributed by atoms with E-state index in [0.29, 0.717) is 12.4 Å². The standard InChI is InChI=1S/C14H16FN3/c1-9-6-11(15)4-5-13(9)14-17-10(2)7-12(18-14)8-16-3/h4-7,16H,8H2,1-3H3. The van der Waals surface area contributed by atoms with Crippen molar-refractivity contribution in [3.8, 4) is 11.4 Å². The van der Waals surface area contributed by atoms with Gasteiger partial charge in [-0.3, -0.25) is 0 Å². The molecule has 1 heterocycles. The van der Waals surface area contributed by atoms with Crippen molar-refractivity contribution in [3.63, 3.8) is 0 Å². The first-order valence-corrected chi connectivity index (χ1v) is 5.86. The molecule has 0 atom stereocenters. The summed E-state index contributed by atoms with van der Waals surface area (Å²) in [6.45, 7) is 4.49. The van der Waals surface area contributed by atoms with Crippen LogP contribution in [-0.4, -0.2) is 17.0 Å². The van der Waals surface area contributed by atoms with E-state index in [1.54, 1.807) is 6.07 Å². The molecule has 1 N–H and O–H groups in total. The first kappa shape index (κ1) is 12.6. The van der Waals surface area contributed by atoms with Crippen LogP contribution >= 0.6 is 0 Å². The fourth-order valence-electron chi connectivity index (χ4n) is 1.90. The number of nitrogens with one attached hydrogen (secondary N) is 1. The fraction of sp³-hybridized carbons (Fsp3) is 0.286. The summed E-state index contributed by atoms with van der Waals surface area (Å²) in [5.41, 5.74) is 3.56. The van der Waals surface area contributed by atoms with Crippen LogP contribution in [0.15, 0.2) is 24.3 Å². The highest BCUT2D eigenvalue weighted by Crippen LogP contribution is 2.21. The molecule has 94 valence electrons. The Hall–Kier alpha value is -1.81. The Morgan fingerprint density at radius 2 is 1.94 bits per heavy atom. The zero-order valence-electron chi connectivity index (χ0n) is 10.8. The van der Waals surface area contributed by atoms with Gasteiger partial charge >= 0.3 is 0 Å². The average Bonchev–Trinajstić information content (AvgIpc) is 2.28. The van der Waals surface area contributed by atoms with Gasteiger partial charge in [0.25, 0.3) is 0 Å². The van der Waals surface area contributed by atoms with E-state index < -0.39 is 0 Å². The van der Waals surface area contributed by atoms with Crippen molar-refractivity contribution in [3.05, 3.63) is 47.0 Å². The quantitative estimate of drug-likeness (QED) is 0.903. The predicted molar refractivity (Wildman–Crippen MR) is 69.7 cm³/mol. The number of halogens is 1. The van der Waals surface area contributed by atoms with Gasteiger partial charge in [-0.25, -0.2) is 14.4 Å². The largest absolute Gasteiger partial charge is 0.314 e. The maximum atomic E-state index is 13.1. The van der Waals surface area contributed by atoms with Gasteiger partial charge in [0.15, 0.2) is 5.82 Å². The van der Waals surface area contributed by atoms with Gasteiger partial charge < -0.3 is 5.32 Å². The third-order valence-electron chi connectivity index (χ3n) is 2.69. The molecule has 0 amide bonds. The lowest BCUT2D eigenvalue weighted by Crippen LogP contribution is -2.09. The van der Waals surface area contributed by atoms with Crippen LogP contribution in [0.3, 0.4) is 0 Å². The molecule has 18 heavy (non-hydrogen) atoms. The highest BCUT2D eigenvalue weighted by atomic mass is 19.1. The van der Waals surface area contributed by atoms with E-state index >= 15 is 0 Å². The van der Waals surface area contributed by atoms with Crippen molar-refractivity contribution in [2.45, 2.75) is 20.4 Å². The summed E-state index contributed by atoms with van der Waals surface area (Å²) in [4.78, 5) is 8.90. The van der Waals surface area contributed by atoms with E-state index in [2.05, 4.69) is 15.3 Å². The van der Waals surface area contributed by atoms with Crippen molar-refractivity contribution in [2.24, 2.45) is 0 Å². The molecule has 0 unspecified atom stereocenters. The lowest BCUT2D eigenvalue weighted by molar-refractivity contribution is 0.627. The Morgan fingerprint density at radius 3 is 2.61 bits per heavy atom. The molecule has 0 radical (unpaired) electrons. The number of benzene rings is 1. The van der Waals surface area contributed by atoms with Gasteiger partial charge in [0.2, 0.25) is 0 Å². The third-order valence-corrected chi connectivity index (χ3v) is 2.69. The molecule has 0 bridgehead atoms. The van der Waals surface area contributed by atoms with Gasteiger partial charge in [0, 0.05) is 17.8 Å². The lowest BCUT2D eigenvalue weighted by Gasteiger charge is -2.08. The van der Waals surface area contributed by atoms with Crippen LogP contribution < -0.4 is 5.32 Å². The SMILES string of the molecule is CNCc1cc(C)nc(-c2ccc(F)cc2C)n1. The van der Waals surface area contributed by atoms with Crippen molar-refractivity contribution in [2.75, 3.05) is 7.05 Å². The molecule has 0 saturated carbocycles. The number of rotatable bonds is 3. The summed E-state index contributed by atoms with van der Waals surface area (Å²) in [6, 6.07) is 6.60. The molecule has 0 aliphatic carbocycles. The van der Waals surface area contributed by atoms with Crippen LogP contribution in [0.5, 0.6) is 0 Å². The van der Waals surface area contributed by atoms with Crippen molar-refractivity contribution in [1.82, 2.24) is 15.3 Å². The smallest absolute Gasteiger partial charge is 0.159 e. The van der Waals surface area contributed by atoms with E-state index in [0.717, 1.165) is 22.5 Å². The van der Waals surface area contributed by atoms with Crippen molar-refractivity contribution >= 4 is 0 Å². The monoisotopic (exact) mass is 245 g/mol. The molecule has 1 aromatic carbocycles. The summed E-state index contributed by atoms with van der Waals surface area (Å²) >= 11 is 0. The Bertz CT molecular complexity index is 567. The van der Waals surface area contributed by atoms with E-state index in [9.17, 15) is 4.39 Å². The van der Waals surface area contributed by atoms with Gasteiger partial charge in [-0.1, -0.05) is 0 Å². The van der Waals surface area contributed by atoms with Crippen molar-refractivity contribution in [1.29, 1.82) is 0 Å². The zero-order chi connectivity index (χ0) is 13.1. The van der Waals surface area contributed by atoms with E-state index in [-0.39, 0.29) is 5.82 Å². The summed E-state index contributed by atoms with van der Waals surface area (Å²) in [7, 11) is 1.88. The molecule has 0 aliphatic heterocycles. The molecule has 0 saturated heterocycles. The van der Waals surface area contributed by atoms with E-state index in [1.807, 2.05) is 27.0 Å². The topological polar surface area (TPSA) is 37.8 Å². The second-order valence-corrected chi connectivity index (χ2v) is 4.31. The maximum absolute atomic E-state index is 13.1. The third kappa shape index (κ3) is 2.71. The highest BCUT2D eigenvalue weighted by molar-refractivity contribution is 5.60.